The molecule has 1 aliphatic rings. The monoisotopic (exact) mass is 449 g/mol. The summed E-state index contributed by atoms with van der Waals surface area (Å²) in [5.41, 5.74) is 5.67. The third-order valence-corrected chi connectivity index (χ3v) is 5.43. The summed E-state index contributed by atoms with van der Waals surface area (Å²) in [5, 5.41) is 15.5. The summed E-state index contributed by atoms with van der Waals surface area (Å²) >= 11 is 1.40. The Bertz CT molecular complexity index is 1270. The van der Waals surface area contributed by atoms with Gasteiger partial charge in [0.1, 0.15) is 11.6 Å². The second kappa shape index (κ2) is 9.23. The van der Waals surface area contributed by atoms with Gasteiger partial charge in [-0.15, -0.1) is 0 Å². The number of aromatic nitrogens is 2. The first-order chi connectivity index (χ1) is 15.5. The lowest BCUT2D eigenvalue weighted by atomic mass is 9.96. The van der Waals surface area contributed by atoms with E-state index in [1.54, 1.807) is 23.0 Å². The standard InChI is InChI=1S/C24H21F2N5S/c1-31-14-18(13-29-31)15-3-6-24(28-12-15)22(11-27)17-7-16(8-20(9-17)30-32-2)21-5-4-19(25)10-23(21)26/h3-14,27-28,30H,1-2H3/b24-22+,27-11?. The molecule has 162 valence electrons. The summed E-state index contributed by atoms with van der Waals surface area (Å²) < 4.78 is 32.8. The summed E-state index contributed by atoms with van der Waals surface area (Å²) in [6, 6.07) is 9.02. The highest BCUT2D eigenvalue weighted by atomic mass is 32.2. The average Bonchev–Trinajstić information content (AvgIpc) is 3.21. The summed E-state index contributed by atoms with van der Waals surface area (Å²) in [5.74, 6) is -1.26. The van der Waals surface area contributed by atoms with Crippen LogP contribution in [0.15, 0.2) is 72.8 Å². The number of aryl methyl sites for hydroxylation is 1. The van der Waals surface area contributed by atoms with Gasteiger partial charge in [0.2, 0.25) is 0 Å². The van der Waals surface area contributed by atoms with E-state index >= 15 is 0 Å². The highest BCUT2D eigenvalue weighted by molar-refractivity contribution is 7.99. The normalized spacial score (nSPS) is 14.6. The Morgan fingerprint density at radius 3 is 2.62 bits per heavy atom. The van der Waals surface area contributed by atoms with Crippen molar-refractivity contribution in [3.63, 3.8) is 0 Å². The number of rotatable bonds is 6. The molecule has 5 nitrogen and oxygen atoms in total. The maximum absolute atomic E-state index is 14.5. The zero-order valence-corrected chi connectivity index (χ0v) is 18.3. The van der Waals surface area contributed by atoms with Crippen molar-refractivity contribution in [1.29, 1.82) is 5.41 Å². The first-order valence-corrected chi connectivity index (χ1v) is 11.0. The number of anilines is 1. The van der Waals surface area contributed by atoms with Crippen LogP contribution in [0.4, 0.5) is 14.5 Å². The molecule has 3 N–H and O–H groups in total. The Balaban J connectivity index is 1.75. The van der Waals surface area contributed by atoms with Crippen molar-refractivity contribution in [1.82, 2.24) is 15.1 Å². The van der Waals surface area contributed by atoms with Crippen molar-refractivity contribution in [3.8, 4) is 11.1 Å². The van der Waals surface area contributed by atoms with Crippen LogP contribution in [0, 0.1) is 17.0 Å². The van der Waals surface area contributed by atoms with E-state index < -0.39 is 11.6 Å². The predicted octanol–water partition coefficient (Wildman–Crippen LogP) is 5.62. The second-order valence-corrected chi connectivity index (χ2v) is 7.79. The third kappa shape index (κ3) is 4.50. The molecule has 3 aromatic rings. The van der Waals surface area contributed by atoms with Crippen LogP contribution in [0.25, 0.3) is 22.3 Å². The van der Waals surface area contributed by atoms with Crippen LogP contribution in [0.3, 0.4) is 0 Å². The summed E-state index contributed by atoms with van der Waals surface area (Å²) in [6.07, 6.45) is 12.6. The van der Waals surface area contributed by atoms with Gasteiger partial charge in [-0.2, -0.15) is 5.10 Å². The molecule has 0 unspecified atom stereocenters. The Labute approximate surface area is 189 Å². The molecule has 0 aliphatic carbocycles. The van der Waals surface area contributed by atoms with Gasteiger partial charge in [0.15, 0.2) is 0 Å². The van der Waals surface area contributed by atoms with Crippen LogP contribution < -0.4 is 10.0 Å². The molecule has 0 fully saturated rings. The zero-order valence-electron chi connectivity index (χ0n) is 17.5. The molecule has 0 saturated carbocycles. The molecular formula is C24H21F2N5S. The number of benzene rings is 2. The largest absolute Gasteiger partial charge is 0.361 e. The smallest absolute Gasteiger partial charge is 0.133 e. The topological polar surface area (TPSA) is 65.7 Å². The van der Waals surface area contributed by atoms with Crippen LogP contribution in [0.1, 0.15) is 11.1 Å². The van der Waals surface area contributed by atoms with Crippen LogP contribution in [0.5, 0.6) is 0 Å². The molecule has 1 aromatic heterocycles. The fourth-order valence-electron chi connectivity index (χ4n) is 3.50. The van der Waals surface area contributed by atoms with Crippen LogP contribution >= 0.6 is 11.9 Å². The number of nitrogens with one attached hydrogen (secondary N) is 3. The van der Waals surface area contributed by atoms with Crippen molar-refractivity contribution in [2.75, 3.05) is 11.0 Å². The summed E-state index contributed by atoms with van der Waals surface area (Å²) in [6.45, 7) is 0. The maximum Gasteiger partial charge on any atom is 0.133 e. The molecule has 1 aliphatic heterocycles. The van der Waals surface area contributed by atoms with E-state index in [9.17, 15) is 8.78 Å². The number of halogens is 2. The van der Waals surface area contributed by atoms with Crippen molar-refractivity contribution >= 4 is 35.0 Å². The van der Waals surface area contributed by atoms with Gasteiger partial charge in [-0.05, 0) is 47.5 Å². The lowest BCUT2D eigenvalue weighted by molar-refractivity contribution is 0.585. The summed E-state index contributed by atoms with van der Waals surface area (Å²) in [7, 11) is 1.86. The Hall–Kier alpha value is -3.65. The minimum Gasteiger partial charge on any atom is -0.361 e. The highest BCUT2D eigenvalue weighted by Crippen LogP contribution is 2.32. The lowest BCUT2D eigenvalue weighted by Gasteiger charge is -2.16. The van der Waals surface area contributed by atoms with E-state index in [0.29, 0.717) is 11.1 Å². The molecule has 2 heterocycles. The van der Waals surface area contributed by atoms with Crippen molar-refractivity contribution in [2.24, 2.45) is 7.05 Å². The van der Waals surface area contributed by atoms with Crippen molar-refractivity contribution in [2.45, 2.75) is 0 Å². The quantitative estimate of drug-likeness (QED) is 0.338. The molecule has 4 rings (SSSR count). The zero-order chi connectivity index (χ0) is 22.7. The van der Waals surface area contributed by atoms with Crippen LogP contribution in [-0.4, -0.2) is 22.3 Å². The molecule has 0 amide bonds. The molecule has 32 heavy (non-hydrogen) atoms. The van der Waals surface area contributed by atoms with Gasteiger partial charge in [0.05, 0.1) is 6.20 Å². The number of hydrogen-bond acceptors (Lipinski definition) is 5. The van der Waals surface area contributed by atoms with Crippen LogP contribution in [0.2, 0.25) is 0 Å². The van der Waals surface area contributed by atoms with Gasteiger partial charge in [0.25, 0.3) is 0 Å². The highest BCUT2D eigenvalue weighted by Gasteiger charge is 2.14. The third-order valence-electron chi connectivity index (χ3n) is 4.99. The first kappa shape index (κ1) is 21.6. The number of allylic oxidation sites excluding steroid dienone is 4. The van der Waals surface area contributed by atoms with E-state index in [1.165, 1.54) is 30.3 Å². The molecule has 0 atom stereocenters. The number of hydrogen-bond donors (Lipinski definition) is 3. The Kier molecular flexibility index (Phi) is 6.23. The van der Waals surface area contributed by atoms with Gasteiger partial charge in [-0.25, -0.2) is 8.78 Å². The predicted molar refractivity (Wildman–Crippen MR) is 128 cm³/mol. The average molecular weight is 450 g/mol. The molecular weight excluding hydrogens is 428 g/mol. The lowest BCUT2D eigenvalue weighted by Crippen LogP contribution is -2.11. The fraction of sp³-hybridized carbons (Fsp3) is 0.0833. The van der Waals surface area contributed by atoms with E-state index in [-0.39, 0.29) is 5.56 Å². The molecule has 2 aromatic carbocycles. The molecule has 8 heteroatoms. The number of nitrogens with zero attached hydrogens (tertiary/aromatic N) is 2. The van der Waals surface area contributed by atoms with Crippen molar-refractivity contribution in [3.05, 3.63) is 95.6 Å². The first-order valence-electron chi connectivity index (χ1n) is 9.77. The van der Waals surface area contributed by atoms with E-state index in [4.69, 9.17) is 5.41 Å². The Morgan fingerprint density at radius 2 is 2.00 bits per heavy atom. The van der Waals surface area contributed by atoms with E-state index in [1.807, 2.05) is 43.9 Å². The minimum absolute atomic E-state index is 0.289. The van der Waals surface area contributed by atoms with E-state index in [0.717, 1.165) is 34.2 Å². The Morgan fingerprint density at radius 1 is 1.16 bits per heavy atom. The van der Waals surface area contributed by atoms with Crippen LogP contribution in [-0.2, 0) is 7.05 Å². The van der Waals surface area contributed by atoms with Crippen molar-refractivity contribution < 1.29 is 8.78 Å². The SMILES string of the molecule is CSNc1cc(/C(C=N)=C2\C=CC(c3cnn(C)c3)=CN2)cc(-c2ccc(F)cc2F)c1. The molecule has 0 saturated heterocycles. The maximum atomic E-state index is 14.5. The number of dihydropyridines is 1. The van der Waals surface area contributed by atoms with Gasteiger partial charge in [-0.1, -0.05) is 18.0 Å². The van der Waals surface area contributed by atoms with Gasteiger partial charge in [-0.3, -0.25) is 4.68 Å². The van der Waals surface area contributed by atoms with Gasteiger partial charge >= 0.3 is 0 Å². The van der Waals surface area contributed by atoms with Gasteiger partial charge < -0.3 is 15.4 Å². The second-order valence-electron chi connectivity index (χ2n) is 7.18. The summed E-state index contributed by atoms with van der Waals surface area (Å²) in [4.78, 5) is 0. The fourth-order valence-corrected chi connectivity index (χ4v) is 3.85. The molecule has 0 radical (unpaired) electrons. The molecule has 0 spiro atoms. The minimum atomic E-state index is -0.638. The van der Waals surface area contributed by atoms with Gasteiger partial charge in [0, 0.05) is 71.6 Å². The molecule has 0 bridgehead atoms. The van der Waals surface area contributed by atoms with E-state index in [2.05, 4.69) is 15.1 Å².